The van der Waals surface area contributed by atoms with Gasteiger partial charge in [-0.2, -0.15) is 5.10 Å². The van der Waals surface area contributed by atoms with Crippen LogP contribution in [0.15, 0.2) is 87.3 Å². The number of hydrazone groups is 1. The van der Waals surface area contributed by atoms with E-state index in [1.165, 1.54) is 0 Å². The van der Waals surface area contributed by atoms with Crippen LogP contribution in [0.2, 0.25) is 0 Å². The van der Waals surface area contributed by atoms with E-state index in [0.717, 1.165) is 55.0 Å². The first-order valence-electron chi connectivity index (χ1n) is 10.8. The van der Waals surface area contributed by atoms with Crippen LogP contribution in [-0.4, -0.2) is 28.9 Å². The topological polar surface area (TPSA) is 63.2 Å². The molecule has 1 saturated heterocycles. The summed E-state index contributed by atoms with van der Waals surface area (Å²) in [5, 5.41) is 9.84. The van der Waals surface area contributed by atoms with Gasteiger partial charge in [0.1, 0.15) is 11.5 Å². The molecule has 3 aliphatic rings. The number of nitrogens with one attached hydrogen (secondary N) is 1. The Labute approximate surface area is 209 Å². The van der Waals surface area contributed by atoms with Crippen LogP contribution in [0.1, 0.15) is 29.2 Å². The number of methoxy groups -OCH3 is 1. The molecule has 8 heteroatoms. The normalized spacial score (nSPS) is 23.9. The number of amides is 1. The van der Waals surface area contributed by atoms with Gasteiger partial charge in [0.15, 0.2) is 0 Å². The minimum atomic E-state index is -1.21. The lowest BCUT2D eigenvalue weighted by Gasteiger charge is -2.45. The summed E-state index contributed by atoms with van der Waals surface area (Å²) in [7, 11) is 1.65. The predicted octanol–water partition coefficient (Wildman–Crippen LogP) is 6.15. The fourth-order valence-corrected chi connectivity index (χ4v) is 5.71. The van der Waals surface area contributed by atoms with Gasteiger partial charge in [-0.25, -0.2) is 5.01 Å². The number of rotatable bonds is 3. The van der Waals surface area contributed by atoms with E-state index in [2.05, 4.69) is 27.3 Å². The van der Waals surface area contributed by atoms with Gasteiger partial charge >= 0.3 is 5.85 Å². The van der Waals surface area contributed by atoms with Gasteiger partial charge in [0.2, 0.25) is 0 Å². The van der Waals surface area contributed by atoms with E-state index < -0.39 is 5.85 Å². The van der Waals surface area contributed by atoms with E-state index in [9.17, 15) is 4.79 Å². The number of fused-ring (bicyclic) bond motifs is 4. The van der Waals surface area contributed by atoms with E-state index in [1.807, 2.05) is 77.8 Å². The van der Waals surface area contributed by atoms with Crippen LogP contribution in [-0.2, 0) is 0 Å². The maximum atomic E-state index is 12.7. The number of para-hydroxylation sites is 1. The average Bonchev–Trinajstić information content (AvgIpc) is 3.43. The third-order valence-electron chi connectivity index (χ3n) is 6.17. The minimum absolute atomic E-state index is 0.0747. The number of thioether (sulfide) groups is 1. The molecule has 1 N–H and O–H groups in total. The quantitative estimate of drug-likeness (QED) is 0.437. The van der Waals surface area contributed by atoms with Crippen LogP contribution < -0.4 is 14.8 Å². The Morgan fingerprint density at radius 3 is 2.68 bits per heavy atom. The molecule has 0 radical (unpaired) electrons. The number of nitrogens with zero attached hydrogens (tertiary/aromatic N) is 2. The summed E-state index contributed by atoms with van der Waals surface area (Å²) in [6.45, 7) is 0. The molecule has 1 spiro atoms. The van der Waals surface area contributed by atoms with Crippen LogP contribution in [0, 0.1) is 0 Å². The number of carbonyl (C=O) groups is 1. The average molecular weight is 534 g/mol. The van der Waals surface area contributed by atoms with Gasteiger partial charge in [-0.15, -0.1) is 0 Å². The van der Waals surface area contributed by atoms with Crippen molar-refractivity contribution < 1.29 is 14.3 Å². The molecule has 2 atom stereocenters. The SMILES string of the molecule is COc1ccc(C2=NN3C(C2)c2ccccc2OC32NC(=O)S/C2=C\c2ccc(Br)cc2)cc1. The molecule has 6 nitrogen and oxygen atoms in total. The fourth-order valence-electron chi connectivity index (χ4n) is 4.53. The Kier molecular flexibility index (Phi) is 5.15. The molecule has 3 aliphatic heterocycles. The zero-order chi connectivity index (χ0) is 23.3. The summed E-state index contributed by atoms with van der Waals surface area (Å²) in [4.78, 5) is 13.5. The molecule has 0 aromatic heterocycles. The lowest BCUT2D eigenvalue weighted by Crippen LogP contribution is -2.61. The third-order valence-corrected chi connectivity index (χ3v) is 7.60. The maximum absolute atomic E-state index is 12.7. The summed E-state index contributed by atoms with van der Waals surface area (Å²) in [5.41, 5.74) is 3.97. The molecule has 3 aromatic carbocycles. The lowest BCUT2D eigenvalue weighted by molar-refractivity contribution is -0.0949. The second-order valence-electron chi connectivity index (χ2n) is 8.20. The van der Waals surface area contributed by atoms with Crippen LogP contribution in [0.4, 0.5) is 4.79 Å². The number of carbonyl (C=O) groups excluding carboxylic acids is 1. The number of benzene rings is 3. The molecule has 1 amide bonds. The number of hydrogen-bond donors (Lipinski definition) is 1. The molecule has 0 bridgehead atoms. The van der Waals surface area contributed by atoms with Crippen LogP contribution in [0.5, 0.6) is 11.5 Å². The Morgan fingerprint density at radius 1 is 1.15 bits per heavy atom. The number of halogens is 1. The van der Waals surface area contributed by atoms with E-state index in [0.29, 0.717) is 6.42 Å². The lowest BCUT2D eigenvalue weighted by atomic mass is 9.95. The van der Waals surface area contributed by atoms with Gasteiger partial charge in [-0.05, 0) is 71.4 Å². The first kappa shape index (κ1) is 21.3. The second kappa shape index (κ2) is 8.21. The first-order chi connectivity index (χ1) is 16.6. The molecule has 0 saturated carbocycles. The highest BCUT2D eigenvalue weighted by molar-refractivity contribution is 9.10. The van der Waals surface area contributed by atoms with Crippen molar-refractivity contribution >= 4 is 44.7 Å². The number of hydrogen-bond acceptors (Lipinski definition) is 6. The van der Waals surface area contributed by atoms with E-state index in [4.69, 9.17) is 14.6 Å². The minimum Gasteiger partial charge on any atom is -0.497 e. The van der Waals surface area contributed by atoms with Crippen molar-refractivity contribution in [1.82, 2.24) is 10.3 Å². The fraction of sp³-hybridized carbons (Fsp3) is 0.154. The zero-order valence-corrected chi connectivity index (χ0v) is 20.6. The third kappa shape index (κ3) is 3.49. The predicted molar refractivity (Wildman–Crippen MR) is 137 cm³/mol. The molecular weight excluding hydrogens is 514 g/mol. The standard InChI is InChI=1S/C26H20BrN3O3S/c1-32-19-12-8-17(9-13-19)21-15-22-20-4-2-3-5-23(20)33-26(30(22)29-21)24(34-25(31)28-26)14-16-6-10-18(27)11-7-16/h2-14,22H,15H2,1H3,(H,28,31)/b24-14-. The summed E-state index contributed by atoms with van der Waals surface area (Å²) >= 11 is 4.62. The summed E-state index contributed by atoms with van der Waals surface area (Å²) in [6.07, 6.45) is 2.68. The van der Waals surface area contributed by atoms with Crippen LogP contribution in [0.3, 0.4) is 0 Å². The molecule has 0 aliphatic carbocycles. The van der Waals surface area contributed by atoms with Gasteiger partial charge in [0.25, 0.3) is 5.24 Å². The molecular formula is C26H20BrN3O3S. The Balaban J connectivity index is 1.48. The molecule has 1 fully saturated rings. The highest BCUT2D eigenvalue weighted by atomic mass is 79.9. The van der Waals surface area contributed by atoms with Gasteiger partial charge in [-0.1, -0.05) is 46.3 Å². The van der Waals surface area contributed by atoms with Crippen molar-refractivity contribution in [3.05, 3.63) is 98.9 Å². The van der Waals surface area contributed by atoms with Gasteiger partial charge in [-0.3, -0.25) is 10.1 Å². The zero-order valence-electron chi connectivity index (χ0n) is 18.2. The largest absolute Gasteiger partial charge is 0.497 e. The molecule has 3 aromatic rings. The smallest absolute Gasteiger partial charge is 0.314 e. The van der Waals surface area contributed by atoms with Crippen LogP contribution in [0.25, 0.3) is 6.08 Å². The van der Waals surface area contributed by atoms with Crippen molar-refractivity contribution in [2.45, 2.75) is 18.3 Å². The Hall–Kier alpha value is -3.23. The summed E-state index contributed by atoms with van der Waals surface area (Å²) in [5.74, 6) is 0.339. The van der Waals surface area contributed by atoms with E-state index >= 15 is 0 Å². The molecule has 6 rings (SSSR count). The van der Waals surface area contributed by atoms with Crippen molar-refractivity contribution in [2.75, 3.05) is 7.11 Å². The summed E-state index contributed by atoms with van der Waals surface area (Å²) in [6, 6.07) is 23.7. The number of ether oxygens (including phenoxy) is 2. The molecule has 2 unspecified atom stereocenters. The second-order valence-corrected chi connectivity index (χ2v) is 10.1. The first-order valence-corrected chi connectivity index (χ1v) is 12.4. The summed E-state index contributed by atoms with van der Waals surface area (Å²) < 4.78 is 12.9. The van der Waals surface area contributed by atoms with Gasteiger partial charge < -0.3 is 9.47 Å². The van der Waals surface area contributed by atoms with Crippen molar-refractivity contribution in [1.29, 1.82) is 0 Å². The van der Waals surface area contributed by atoms with E-state index in [-0.39, 0.29) is 11.3 Å². The monoisotopic (exact) mass is 533 g/mol. The molecule has 170 valence electrons. The molecule has 34 heavy (non-hydrogen) atoms. The maximum Gasteiger partial charge on any atom is 0.314 e. The van der Waals surface area contributed by atoms with Gasteiger partial charge in [0, 0.05) is 16.5 Å². The van der Waals surface area contributed by atoms with Crippen molar-refractivity contribution in [2.24, 2.45) is 5.10 Å². The highest BCUT2D eigenvalue weighted by Crippen LogP contribution is 2.52. The van der Waals surface area contributed by atoms with E-state index in [1.54, 1.807) is 7.11 Å². The van der Waals surface area contributed by atoms with Crippen LogP contribution >= 0.6 is 27.7 Å². The molecule has 3 heterocycles. The van der Waals surface area contributed by atoms with Gasteiger partial charge in [0.05, 0.1) is 23.8 Å². The van der Waals surface area contributed by atoms with Crippen molar-refractivity contribution in [3.8, 4) is 11.5 Å². The Bertz CT molecular complexity index is 1340. The van der Waals surface area contributed by atoms with Crippen molar-refractivity contribution in [3.63, 3.8) is 0 Å². The highest BCUT2D eigenvalue weighted by Gasteiger charge is 2.58. The Morgan fingerprint density at radius 2 is 1.91 bits per heavy atom.